The lowest BCUT2D eigenvalue weighted by Gasteiger charge is -2.23. The van der Waals surface area contributed by atoms with Crippen LogP contribution in [0.3, 0.4) is 0 Å². The smallest absolute Gasteiger partial charge is 0.243 e. The third-order valence-electron chi connectivity index (χ3n) is 5.03. The largest absolute Gasteiger partial charge is 0.495 e. The van der Waals surface area contributed by atoms with Gasteiger partial charge in [-0.2, -0.15) is 4.31 Å². The fourth-order valence-electron chi connectivity index (χ4n) is 3.21. The van der Waals surface area contributed by atoms with E-state index in [9.17, 15) is 17.6 Å². The van der Waals surface area contributed by atoms with Gasteiger partial charge in [0.2, 0.25) is 15.9 Å². The van der Waals surface area contributed by atoms with Gasteiger partial charge in [-0.05, 0) is 25.1 Å². The zero-order chi connectivity index (χ0) is 24.9. The third-order valence-corrected chi connectivity index (χ3v) is 7.13. The van der Waals surface area contributed by atoms with Crippen molar-refractivity contribution in [2.45, 2.75) is 18.4 Å². The van der Waals surface area contributed by atoms with Crippen LogP contribution < -0.4 is 14.8 Å². The van der Waals surface area contributed by atoms with Crippen molar-refractivity contribution in [3.05, 3.63) is 82.6 Å². The SMILES string of the molecule is COc1cc(NC(=O)CN(Cc2ccccc2F)S(=O)(=O)c2ccc(C)cc2)c(OC)cc1Cl. The highest BCUT2D eigenvalue weighted by Crippen LogP contribution is 2.36. The molecule has 0 saturated carbocycles. The molecule has 0 fully saturated rings. The lowest BCUT2D eigenvalue weighted by Crippen LogP contribution is -2.37. The number of hydrogen-bond donors (Lipinski definition) is 1. The number of hydrogen-bond acceptors (Lipinski definition) is 5. The number of carbonyl (C=O) groups excluding carboxylic acids is 1. The highest BCUT2D eigenvalue weighted by Gasteiger charge is 2.28. The molecule has 7 nitrogen and oxygen atoms in total. The average molecular weight is 507 g/mol. The molecule has 0 heterocycles. The van der Waals surface area contributed by atoms with E-state index in [2.05, 4.69) is 5.32 Å². The van der Waals surface area contributed by atoms with Crippen LogP contribution in [-0.2, 0) is 21.4 Å². The summed E-state index contributed by atoms with van der Waals surface area (Å²) < 4.78 is 52.4. The van der Waals surface area contributed by atoms with Crippen molar-refractivity contribution in [2.75, 3.05) is 26.1 Å². The lowest BCUT2D eigenvalue weighted by atomic mass is 10.2. The average Bonchev–Trinajstić information content (AvgIpc) is 2.81. The van der Waals surface area contributed by atoms with Gasteiger partial charge in [0.05, 0.1) is 36.4 Å². The lowest BCUT2D eigenvalue weighted by molar-refractivity contribution is -0.116. The van der Waals surface area contributed by atoms with E-state index in [0.717, 1.165) is 9.87 Å². The molecule has 0 bridgehead atoms. The zero-order valence-corrected chi connectivity index (χ0v) is 20.4. The quantitative estimate of drug-likeness (QED) is 0.457. The van der Waals surface area contributed by atoms with Crippen molar-refractivity contribution in [1.29, 1.82) is 0 Å². The second-order valence-electron chi connectivity index (χ2n) is 7.41. The number of benzene rings is 3. The number of amides is 1. The summed E-state index contributed by atoms with van der Waals surface area (Å²) in [6.45, 7) is 0.921. The molecule has 0 atom stereocenters. The Labute approximate surface area is 203 Å². The standard InChI is InChI=1S/C24H24ClFN2O5S/c1-16-8-10-18(11-9-16)34(30,31)28(14-17-6-4-5-7-20(17)26)15-24(29)27-21-13-22(32-2)19(25)12-23(21)33-3/h4-13H,14-15H2,1-3H3,(H,27,29). The van der Waals surface area contributed by atoms with Crippen molar-refractivity contribution < 1.29 is 27.1 Å². The Morgan fingerprint density at radius 3 is 2.29 bits per heavy atom. The number of rotatable bonds is 9. The molecule has 180 valence electrons. The predicted molar refractivity (Wildman–Crippen MR) is 128 cm³/mol. The minimum Gasteiger partial charge on any atom is -0.495 e. The van der Waals surface area contributed by atoms with Gasteiger partial charge in [-0.15, -0.1) is 0 Å². The van der Waals surface area contributed by atoms with Crippen LogP contribution in [0.1, 0.15) is 11.1 Å². The van der Waals surface area contributed by atoms with Crippen LogP contribution in [0.4, 0.5) is 10.1 Å². The van der Waals surface area contributed by atoms with Crippen LogP contribution in [0.2, 0.25) is 5.02 Å². The van der Waals surface area contributed by atoms with E-state index in [1.807, 2.05) is 6.92 Å². The van der Waals surface area contributed by atoms with Crippen LogP contribution in [0.15, 0.2) is 65.6 Å². The molecule has 0 saturated heterocycles. The van der Waals surface area contributed by atoms with Crippen LogP contribution in [-0.4, -0.2) is 39.4 Å². The van der Waals surface area contributed by atoms with Gasteiger partial charge in [-0.25, -0.2) is 12.8 Å². The summed E-state index contributed by atoms with van der Waals surface area (Å²) in [6, 6.07) is 14.9. The molecule has 1 amide bonds. The molecule has 0 radical (unpaired) electrons. The van der Waals surface area contributed by atoms with Crippen LogP contribution in [0.5, 0.6) is 11.5 Å². The molecule has 0 aliphatic rings. The number of nitrogens with zero attached hydrogens (tertiary/aromatic N) is 1. The number of aryl methyl sites for hydroxylation is 1. The molecule has 34 heavy (non-hydrogen) atoms. The van der Waals surface area contributed by atoms with Gasteiger partial charge in [0.25, 0.3) is 0 Å². The van der Waals surface area contributed by atoms with Crippen molar-refractivity contribution in [3.63, 3.8) is 0 Å². The summed E-state index contributed by atoms with van der Waals surface area (Å²) >= 11 is 6.10. The fourth-order valence-corrected chi connectivity index (χ4v) is 4.82. The Morgan fingerprint density at radius 2 is 1.68 bits per heavy atom. The minimum atomic E-state index is -4.13. The number of methoxy groups -OCH3 is 2. The minimum absolute atomic E-state index is 0.00650. The monoisotopic (exact) mass is 506 g/mol. The third kappa shape index (κ3) is 5.85. The van der Waals surface area contributed by atoms with Crippen LogP contribution in [0, 0.1) is 12.7 Å². The molecular formula is C24H24ClFN2O5S. The Hall–Kier alpha value is -3.14. The molecular weight excluding hydrogens is 483 g/mol. The van der Waals surface area contributed by atoms with Crippen LogP contribution in [0.25, 0.3) is 0 Å². The van der Waals surface area contributed by atoms with Gasteiger partial charge >= 0.3 is 0 Å². The molecule has 1 N–H and O–H groups in total. The molecule has 0 aliphatic heterocycles. The molecule has 3 aromatic carbocycles. The predicted octanol–water partition coefficient (Wildman–Crippen LogP) is 4.63. The summed E-state index contributed by atoms with van der Waals surface area (Å²) in [7, 11) is -1.30. The van der Waals surface area contributed by atoms with Gasteiger partial charge in [-0.3, -0.25) is 4.79 Å². The van der Waals surface area contributed by atoms with Gasteiger partial charge in [-0.1, -0.05) is 47.5 Å². The normalized spacial score (nSPS) is 11.4. The number of carbonyl (C=O) groups is 1. The maximum absolute atomic E-state index is 14.3. The van der Waals surface area contributed by atoms with E-state index in [0.29, 0.717) is 5.75 Å². The van der Waals surface area contributed by atoms with E-state index in [4.69, 9.17) is 21.1 Å². The highest BCUT2D eigenvalue weighted by molar-refractivity contribution is 7.89. The first-order valence-electron chi connectivity index (χ1n) is 10.2. The molecule has 0 aromatic heterocycles. The second-order valence-corrected chi connectivity index (χ2v) is 9.76. The summed E-state index contributed by atoms with van der Waals surface area (Å²) in [5.41, 5.74) is 1.25. The van der Waals surface area contributed by atoms with Gasteiger partial charge in [0, 0.05) is 24.2 Å². The van der Waals surface area contributed by atoms with Crippen LogP contribution >= 0.6 is 11.6 Å². The second kappa shape index (κ2) is 10.9. The number of sulfonamides is 1. The number of halogens is 2. The number of ether oxygens (including phenoxy) is 2. The van der Waals surface area contributed by atoms with Crippen molar-refractivity contribution in [2.24, 2.45) is 0 Å². The zero-order valence-electron chi connectivity index (χ0n) is 18.8. The molecule has 0 aliphatic carbocycles. The first kappa shape index (κ1) is 25.5. The summed E-state index contributed by atoms with van der Waals surface area (Å²) in [6.07, 6.45) is 0. The Kier molecular flexibility index (Phi) is 8.14. The van der Waals surface area contributed by atoms with Crippen molar-refractivity contribution in [1.82, 2.24) is 4.31 Å². The van der Waals surface area contributed by atoms with Crippen molar-refractivity contribution >= 4 is 33.2 Å². The first-order valence-corrected chi connectivity index (χ1v) is 12.0. The molecule has 3 aromatic rings. The van der Waals surface area contributed by atoms with E-state index in [-0.39, 0.29) is 33.5 Å². The topological polar surface area (TPSA) is 84.9 Å². The number of nitrogens with one attached hydrogen (secondary N) is 1. The summed E-state index contributed by atoms with van der Waals surface area (Å²) in [4.78, 5) is 12.9. The molecule has 3 rings (SSSR count). The maximum Gasteiger partial charge on any atom is 0.243 e. The Bertz CT molecular complexity index is 1280. The highest BCUT2D eigenvalue weighted by atomic mass is 35.5. The summed E-state index contributed by atoms with van der Waals surface area (Å²) in [5.74, 6) is -0.666. The molecule has 10 heteroatoms. The first-order chi connectivity index (χ1) is 16.1. The summed E-state index contributed by atoms with van der Waals surface area (Å²) in [5, 5.41) is 2.90. The molecule has 0 spiro atoms. The van der Waals surface area contributed by atoms with Gasteiger partial charge in [0.1, 0.15) is 17.3 Å². The Balaban J connectivity index is 1.93. The van der Waals surface area contributed by atoms with E-state index in [1.54, 1.807) is 18.2 Å². The number of anilines is 1. The van der Waals surface area contributed by atoms with E-state index < -0.39 is 28.3 Å². The van der Waals surface area contributed by atoms with E-state index >= 15 is 0 Å². The van der Waals surface area contributed by atoms with Gasteiger partial charge in [0.15, 0.2) is 0 Å². The Morgan fingerprint density at radius 1 is 1.03 bits per heavy atom. The van der Waals surface area contributed by atoms with E-state index in [1.165, 1.54) is 56.7 Å². The fraction of sp³-hybridized carbons (Fsp3) is 0.208. The maximum atomic E-state index is 14.3. The van der Waals surface area contributed by atoms with Gasteiger partial charge < -0.3 is 14.8 Å². The van der Waals surface area contributed by atoms with Crippen molar-refractivity contribution in [3.8, 4) is 11.5 Å². The molecule has 0 unspecified atom stereocenters.